The number of carboxylic acids is 1. The first-order chi connectivity index (χ1) is 8.04. The minimum absolute atomic E-state index is 0.293. The van der Waals surface area contributed by atoms with E-state index in [2.05, 4.69) is 21.2 Å². The highest BCUT2D eigenvalue weighted by atomic mass is 79.9. The van der Waals surface area contributed by atoms with Crippen LogP contribution in [0.1, 0.15) is 18.9 Å². The molecule has 0 saturated heterocycles. The van der Waals surface area contributed by atoms with E-state index in [1.165, 1.54) is 0 Å². The number of hydrogen-bond donors (Lipinski definition) is 2. The summed E-state index contributed by atoms with van der Waals surface area (Å²) < 4.78 is 0.963. The fraction of sp³-hybridized carbons (Fsp3) is 0.333. The van der Waals surface area contributed by atoms with Crippen LogP contribution in [0.25, 0.3) is 0 Å². The van der Waals surface area contributed by atoms with Gasteiger partial charge >= 0.3 is 5.97 Å². The van der Waals surface area contributed by atoms with Crippen LogP contribution in [0.5, 0.6) is 0 Å². The Morgan fingerprint density at radius 1 is 1.35 bits per heavy atom. The van der Waals surface area contributed by atoms with Crippen molar-refractivity contribution in [2.24, 2.45) is 5.92 Å². The van der Waals surface area contributed by atoms with Gasteiger partial charge in [-0.1, -0.05) is 35.0 Å². The highest BCUT2D eigenvalue weighted by molar-refractivity contribution is 9.10. The fourth-order valence-corrected chi connectivity index (χ4v) is 1.65. The molecule has 17 heavy (non-hydrogen) atoms. The van der Waals surface area contributed by atoms with Crippen LogP contribution >= 0.6 is 15.9 Å². The zero-order chi connectivity index (χ0) is 12.8. The summed E-state index contributed by atoms with van der Waals surface area (Å²) in [5.74, 6) is -2.49. The maximum atomic E-state index is 11.6. The van der Waals surface area contributed by atoms with Crippen LogP contribution in [-0.2, 0) is 16.1 Å². The van der Waals surface area contributed by atoms with E-state index in [1.807, 2.05) is 24.3 Å². The van der Waals surface area contributed by atoms with Crippen LogP contribution in [0.2, 0.25) is 0 Å². The van der Waals surface area contributed by atoms with Gasteiger partial charge in [0.25, 0.3) is 0 Å². The minimum atomic E-state index is -1.08. The maximum absolute atomic E-state index is 11.6. The van der Waals surface area contributed by atoms with Crippen LogP contribution < -0.4 is 5.32 Å². The van der Waals surface area contributed by atoms with Crippen LogP contribution in [-0.4, -0.2) is 17.0 Å². The quantitative estimate of drug-likeness (QED) is 0.819. The van der Waals surface area contributed by atoms with Crippen LogP contribution in [0.15, 0.2) is 28.7 Å². The average Bonchev–Trinajstić information content (AvgIpc) is 2.28. The lowest BCUT2D eigenvalue weighted by atomic mass is 10.1. The molecule has 92 valence electrons. The van der Waals surface area contributed by atoms with Crippen molar-refractivity contribution in [3.05, 3.63) is 34.3 Å². The number of nitrogens with one attached hydrogen (secondary N) is 1. The van der Waals surface area contributed by atoms with E-state index < -0.39 is 17.8 Å². The number of carboxylic acid groups (broad SMARTS) is 1. The largest absolute Gasteiger partial charge is 0.481 e. The van der Waals surface area contributed by atoms with Crippen LogP contribution in [0, 0.1) is 5.92 Å². The highest BCUT2D eigenvalue weighted by Crippen LogP contribution is 2.10. The number of hydrogen-bond acceptors (Lipinski definition) is 2. The van der Waals surface area contributed by atoms with Crippen molar-refractivity contribution in [2.45, 2.75) is 19.9 Å². The third-order valence-corrected chi connectivity index (χ3v) is 2.93. The molecule has 5 heteroatoms. The van der Waals surface area contributed by atoms with E-state index in [0.717, 1.165) is 10.0 Å². The second kappa shape index (κ2) is 6.39. The Bertz CT molecular complexity index is 403. The molecule has 2 N–H and O–H groups in total. The molecule has 0 aromatic heterocycles. The summed E-state index contributed by atoms with van der Waals surface area (Å²) >= 11 is 3.31. The summed E-state index contributed by atoms with van der Waals surface area (Å²) in [5, 5.41) is 11.4. The van der Waals surface area contributed by atoms with Crippen molar-refractivity contribution in [3.63, 3.8) is 0 Å². The Hall–Kier alpha value is -1.36. The van der Waals surface area contributed by atoms with Gasteiger partial charge in [0.05, 0.1) is 0 Å². The number of amides is 1. The van der Waals surface area contributed by atoms with Gasteiger partial charge in [0.15, 0.2) is 0 Å². The SMILES string of the molecule is CCC(C(=O)O)C(=O)NCc1ccc(Br)cc1. The molecule has 0 spiro atoms. The number of halogens is 1. The number of carbonyl (C=O) groups excluding carboxylic acids is 1. The van der Waals surface area contributed by atoms with Crippen molar-refractivity contribution in [1.29, 1.82) is 0 Å². The molecule has 0 radical (unpaired) electrons. The molecule has 1 aromatic carbocycles. The Morgan fingerprint density at radius 3 is 2.41 bits per heavy atom. The van der Waals surface area contributed by atoms with Crippen molar-refractivity contribution < 1.29 is 14.7 Å². The van der Waals surface area contributed by atoms with E-state index in [0.29, 0.717) is 13.0 Å². The molecule has 1 atom stereocenters. The van der Waals surface area contributed by atoms with Gasteiger partial charge in [-0.3, -0.25) is 9.59 Å². The van der Waals surface area contributed by atoms with Crippen LogP contribution in [0.3, 0.4) is 0 Å². The van der Waals surface area contributed by atoms with Crippen molar-refractivity contribution in [2.75, 3.05) is 0 Å². The van der Waals surface area contributed by atoms with Crippen molar-refractivity contribution in [1.82, 2.24) is 5.32 Å². The molecule has 0 aliphatic heterocycles. The Morgan fingerprint density at radius 2 is 1.94 bits per heavy atom. The molecule has 0 aliphatic rings. The summed E-state index contributed by atoms with van der Waals surface area (Å²) in [6.45, 7) is 2.02. The van der Waals surface area contributed by atoms with E-state index in [-0.39, 0.29) is 0 Å². The predicted octanol–water partition coefficient (Wildman–Crippen LogP) is 2.18. The smallest absolute Gasteiger partial charge is 0.316 e. The van der Waals surface area contributed by atoms with E-state index in [1.54, 1.807) is 6.92 Å². The molecule has 1 rings (SSSR count). The summed E-state index contributed by atoms with van der Waals surface area (Å²) in [4.78, 5) is 22.3. The van der Waals surface area contributed by atoms with Gasteiger partial charge in [-0.2, -0.15) is 0 Å². The van der Waals surface area contributed by atoms with Gasteiger partial charge in [0.1, 0.15) is 5.92 Å². The second-order valence-corrected chi connectivity index (χ2v) is 4.56. The molecule has 0 heterocycles. The van der Waals surface area contributed by atoms with Gasteiger partial charge in [0, 0.05) is 11.0 Å². The molecule has 1 unspecified atom stereocenters. The molecular weight excluding hydrogens is 286 g/mol. The topological polar surface area (TPSA) is 66.4 Å². The maximum Gasteiger partial charge on any atom is 0.316 e. The lowest BCUT2D eigenvalue weighted by Gasteiger charge is -2.10. The molecule has 1 amide bonds. The van der Waals surface area contributed by atoms with Gasteiger partial charge < -0.3 is 10.4 Å². The first-order valence-electron chi connectivity index (χ1n) is 5.29. The highest BCUT2D eigenvalue weighted by Gasteiger charge is 2.23. The monoisotopic (exact) mass is 299 g/mol. The number of rotatable bonds is 5. The Kier molecular flexibility index (Phi) is 5.15. The zero-order valence-electron chi connectivity index (χ0n) is 9.44. The summed E-state index contributed by atoms with van der Waals surface area (Å²) in [6.07, 6.45) is 0.293. The standard InChI is InChI=1S/C12H14BrNO3/c1-2-10(12(16)17)11(15)14-7-8-3-5-9(13)6-4-8/h3-6,10H,2,7H2,1H3,(H,14,15)(H,16,17). The summed E-state index contributed by atoms with van der Waals surface area (Å²) in [6, 6.07) is 7.48. The Labute approximate surface area is 108 Å². The lowest BCUT2D eigenvalue weighted by Crippen LogP contribution is -2.34. The summed E-state index contributed by atoms with van der Waals surface area (Å²) in [5.41, 5.74) is 0.932. The third-order valence-electron chi connectivity index (χ3n) is 2.40. The van der Waals surface area contributed by atoms with Gasteiger partial charge in [-0.05, 0) is 24.1 Å². The molecule has 0 bridgehead atoms. The third kappa shape index (κ3) is 4.19. The summed E-state index contributed by atoms with van der Waals surface area (Å²) in [7, 11) is 0. The Balaban J connectivity index is 2.53. The normalized spacial score (nSPS) is 11.9. The molecular formula is C12H14BrNO3. The number of aliphatic carboxylic acids is 1. The zero-order valence-corrected chi connectivity index (χ0v) is 11.0. The van der Waals surface area contributed by atoms with Crippen LogP contribution in [0.4, 0.5) is 0 Å². The number of benzene rings is 1. The first kappa shape index (κ1) is 13.7. The van der Waals surface area contributed by atoms with Gasteiger partial charge in [-0.25, -0.2) is 0 Å². The van der Waals surface area contributed by atoms with Crippen molar-refractivity contribution in [3.8, 4) is 0 Å². The molecule has 0 aliphatic carbocycles. The first-order valence-corrected chi connectivity index (χ1v) is 6.09. The number of carbonyl (C=O) groups is 2. The van der Waals surface area contributed by atoms with E-state index >= 15 is 0 Å². The molecule has 1 aromatic rings. The molecule has 0 fully saturated rings. The van der Waals surface area contributed by atoms with E-state index in [9.17, 15) is 9.59 Å². The predicted molar refractivity (Wildman–Crippen MR) is 67.4 cm³/mol. The van der Waals surface area contributed by atoms with Gasteiger partial charge in [0.2, 0.25) is 5.91 Å². The molecule has 4 nitrogen and oxygen atoms in total. The minimum Gasteiger partial charge on any atom is -0.481 e. The van der Waals surface area contributed by atoms with E-state index in [4.69, 9.17) is 5.11 Å². The molecule has 0 saturated carbocycles. The fourth-order valence-electron chi connectivity index (χ4n) is 1.39. The van der Waals surface area contributed by atoms with Gasteiger partial charge in [-0.15, -0.1) is 0 Å². The lowest BCUT2D eigenvalue weighted by molar-refractivity contribution is -0.147. The average molecular weight is 300 g/mol. The van der Waals surface area contributed by atoms with Crippen molar-refractivity contribution >= 4 is 27.8 Å². The second-order valence-electron chi connectivity index (χ2n) is 3.64.